The fourth-order valence-corrected chi connectivity index (χ4v) is 1.71. The van der Waals surface area contributed by atoms with E-state index < -0.39 is 0 Å². The molecule has 0 unspecified atom stereocenters. The van der Waals surface area contributed by atoms with Crippen molar-refractivity contribution in [3.05, 3.63) is 23.0 Å². The third-order valence-corrected chi connectivity index (χ3v) is 2.57. The molecule has 0 amide bonds. The Kier molecular flexibility index (Phi) is 2.46. The molecule has 0 radical (unpaired) electrons. The number of hydrogen-bond donors (Lipinski definition) is 3. The summed E-state index contributed by atoms with van der Waals surface area (Å²) in [6, 6.07) is 0. The Bertz CT molecular complexity index is 558. The molecule has 2 aromatic rings. The number of rotatable bonds is 3. The Morgan fingerprint density at radius 3 is 3.00 bits per heavy atom. The largest absolute Gasteiger partial charge is 0.369 e. The Hall–Kier alpha value is -1.76. The van der Waals surface area contributed by atoms with E-state index in [4.69, 9.17) is 5.73 Å². The van der Waals surface area contributed by atoms with E-state index in [0.717, 1.165) is 0 Å². The molecule has 6 nitrogen and oxygen atoms in total. The first-order valence-electron chi connectivity index (χ1n) is 4.20. The number of imidazole rings is 1. The molecule has 2 heterocycles. The van der Waals surface area contributed by atoms with Crippen LogP contribution in [-0.4, -0.2) is 25.7 Å². The highest BCUT2D eigenvalue weighted by Gasteiger charge is 2.07. The molecule has 0 aromatic carbocycles. The van der Waals surface area contributed by atoms with Crippen LogP contribution in [0.1, 0.15) is 0 Å². The molecule has 0 atom stereocenters. The van der Waals surface area contributed by atoms with Crippen molar-refractivity contribution in [1.29, 1.82) is 0 Å². The lowest BCUT2D eigenvalue weighted by Gasteiger charge is -1.89. The minimum atomic E-state index is -0.310. The zero-order valence-corrected chi connectivity index (χ0v) is 8.60. The molecule has 0 spiro atoms. The van der Waals surface area contributed by atoms with E-state index >= 15 is 0 Å². The zero-order valence-electron chi connectivity index (χ0n) is 7.78. The average Bonchev–Trinajstić information content (AvgIpc) is 2.57. The third-order valence-electron chi connectivity index (χ3n) is 1.70. The van der Waals surface area contributed by atoms with Gasteiger partial charge in [0, 0.05) is 5.75 Å². The fourth-order valence-electron chi connectivity index (χ4n) is 1.11. The van der Waals surface area contributed by atoms with Crippen LogP contribution < -0.4 is 11.3 Å². The van der Waals surface area contributed by atoms with Crippen LogP contribution in [-0.2, 0) is 0 Å². The normalized spacial score (nSPS) is 10.7. The first-order chi connectivity index (χ1) is 7.20. The minimum absolute atomic E-state index is 0.0688. The first-order valence-corrected chi connectivity index (χ1v) is 5.18. The highest BCUT2D eigenvalue weighted by molar-refractivity contribution is 7.99. The molecular weight excluding hydrogens is 214 g/mol. The maximum atomic E-state index is 11.4. The molecule has 0 bridgehead atoms. The van der Waals surface area contributed by atoms with Gasteiger partial charge in [0.25, 0.3) is 5.56 Å². The number of H-pyrrole nitrogens is 2. The van der Waals surface area contributed by atoms with Gasteiger partial charge < -0.3 is 10.7 Å². The van der Waals surface area contributed by atoms with Crippen molar-refractivity contribution in [2.75, 3.05) is 11.5 Å². The second-order valence-corrected chi connectivity index (χ2v) is 3.80. The minimum Gasteiger partial charge on any atom is -0.369 e. The van der Waals surface area contributed by atoms with Gasteiger partial charge in [-0.25, -0.2) is 4.98 Å². The summed E-state index contributed by atoms with van der Waals surface area (Å²) >= 11 is 1.44. The monoisotopic (exact) mass is 223 g/mol. The zero-order chi connectivity index (χ0) is 10.8. The van der Waals surface area contributed by atoms with Crippen molar-refractivity contribution >= 4 is 28.9 Å². The van der Waals surface area contributed by atoms with Gasteiger partial charge in [-0.05, 0) is 0 Å². The number of fused-ring (bicyclic) bond motifs is 1. The van der Waals surface area contributed by atoms with Crippen LogP contribution >= 0.6 is 11.8 Å². The van der Waals surface area contributed by atoms with Gasteiger partial charge in [-0.2, -0.15) is 4.98 Å². The van der Waals surface area contributed by atoms with E-state index in [9.17, 15) is 4.79 Å². The fraction of sp³-hybridized carbons (Fsp3) is 0.125. The molecule has 0 fully saturated rings. The number of nitrogens with zero attached hydrogens (tertiary/aromatic N) is 2. The quantitative estimate of drug-likeness (QED) is 0.520. The average molecular weight is 223 g/mol. The summed E-state index contributed by atoms with van der Waals surface area (Å²) in [4.78, 5) is 24.7. The van der Waals surface area contributed by atoms with Gasteiger partial charge >= 0.3 is 0 Å². The SMILES string of the molecule is C=CCSc1nc2nc(N)[nH]c(=O)c2[nH]1. The number of thioether (sulfide) groups is 1. The Morgan fingerprint density at radius 1 is 1.47 bits per heavy atom. The van der Waals surface area contributed by atoms with Gasteiger partial charge in [-0.15, -0.1) is 6.58 Å². The van der Waals surface area contributed by atoms with Gasteiger partial charge in [0.2, 0.25) is 5.95 Å². The standard InChI is InChI=1S/C8H9N5OS/c1-2-3-15-8-10-4-5(12-8)11-7(9)13-6(4)14/h2H,1,3H2,(H4,9,10,11,12,13,14). The molecule has 0 aliphatic rings. The highest BCUT2D eigenvalue weighted by atomic mass is 32.2. The summed E-state index contributed by atoms with van der Waals surface area (Å²) < 4.78 is 0. The molecule has 0 saturated carbocycles. The van der Waals surface area contributed by atoms with Crippen molar-refractivity contribution in [2.45, 2.75) is 5.16 Å². The summed E-state index contributed by atoms with van der Waals surface area (Å²) in [6.07, 6.45) is 1.75. The summed E-state index contributed by atoms with van der Waals surface area (Å²) in [7, 11) is 0. The second-order valence-electron chi connectivity index (χ2n) is 2.79. The van der Waals surface area contributed by atoms with Gasteiger partial charge in [0.1, 0.15) is 0 Å². The van der Waals surface area contributed by atoms with Crippen LogP contribution in [0, 0.1) is 0 Å². The molecule has 15 heavy (non-hydrogen) atoms. The summed E-state index contributed by atoms with van der Waals surface area (Å²) in [5.41, 5.74) is 5.76. The maximum absolute atomic E-state index is 11.4. The molecule has 0 aliphatic carbocycles. The molecular formula is C8H9N5OS. The summed E-state index contributed by atoms with van der Waals surface area (Å²) in [5, 5.41) is 0.633. The predicted octanol–water partition coefficient (Wildman–Crippen LogP) is 0.506. The summed E-state index contributed by atoms with van der Waals surface area (Å²) in [6.45, 7) is 3.60. The highest BCUT2D eigenvalue weighted by Crippen LogP contribution is 2.16. The number of hydrogen-bond acceptors (Lipinski definition) is 5. The van der Waals surface area contributed by atoms with Crippen molar-refractivity contribution in [1.82, 2.24) is 19.9 Å². The van der Waals surface area contributed by atoms with Crippen LogP contribution in [0.4, 0.5) is 5.95 Å². The predicted molar refractivity (Wildman–Crippen MR) is 59.8 cm³/mol. The molecule has 2 aromatic heterocycles. The Morgan fingerprint density at radius 2 is 2.27 bits per heavy atom. The number of anilines is 1. The second kappa shape index (κ2) is 3.77. The molecule has 0 aliphatic heterocycles. The molecule has 78 valence electrons. The van der Waals surface area contributed by atoms with Crippen LogP contribution in [0.5, 0.6) is 0 Å². The Labute approximate surface area is 89.0 Å². The van der Waals surface area contributed by atoms with Crippen LogP contribution in [0.3, 0.4) is 0 Å². The van der Waals surface area contributed by atoms with Gasteiger partial charge in [0.05, 0.1) is 0 Å². The number of nitrogen functional groups attached to an aromatic ring is 1. The molecule has 2 rings (SSSR count). The smallest absolute Gasteiger partial charge is 0.278 e. The number of aromatic amines is 2. The topological polar surface area (TPSA) is 100 Å². The molecule has 0 saturated heterocycles. The summed E-state index contributed by atoms with van der Waals surface area (Å²) in [5.74, 6) is 0.784. The number of aromatic nitrogens is 4. The molecule has 7 heteroatoms. The lowest BCUT2D eigenvalue weighted by atomic mass is 10.5. The lowest BCUT2D eigenvalue weighted by molar-refractivity contribution is 1.07. The van der Waals surface area contributed by atoms with E-state index in [1.54, 1.807) is 6.08 Å². The van der Waals surface area contributed by atoms with Crippen molar-refractivity contribution < 1.29 is 0 Å². The number of nitrogens with two attached hydrogens (primary N) is 1. The van der Waals surface area contributed by atoms with Crippen LogP contribution in [0.15, 0.2) is 22.6 Å². The van der Waals surface area contributed by atoms with E-state index in [-0.39, 0.29) is 11.5 Å². The first kappa shape index (κ1) is 9.78. The van der Waals surface area contributed by atoms with Crippen LogP contribution in [0.2, 0.25) is 0 Å². The Balaban J connectivity index is 2.50. The molecule has 4 N–H and O–H groups in total. The lowest BCUT2D eigenvalue weighted by Crippen LogP contribution is -2.10. The third kappa shape index (κ3) is 1.86. The van der Waals surface area contributed by atoms with E-state index in [0.29, 0.717) is 22.1 Å². The van der Waals surface area contributed by atoms with Gasteiger partial charge in [-0.3, -0.25) is 9.78 Å². The van der Waals surface area contributed by atoms with Gasteiger partial charge in [0.15, 0.2) is 16.3 Å². The van der Waals surface area contributed by atoms with Gasteiger partial charge in [-0.1, -0.05) is 17.8 Å². The van der Waals surface area contributed by atoms with E-state index in [2.05, 4.69) is 26.5 Å². The van der Waals surface area contributed by atoms with Crippen molar-refractivity contribution in [2.24, 2.45) is 0 Å². The van der Waals surface area contributed by atoms with Crippen LogP contribution in [0.25, 0.3) is 11.2 Å². The van der Waals surface area contributed by atoms with E-state index in [1.807, 2.05) is 0 Å². The van der Waals surface area contributed by atoms with E-state index in [1.165, 1.54) is 11.8 Å². The number of nitrogens with one attached hydrogen (secondary N) is 2. The van der Waals surface area contributed by atoms with Crippen molar-refractivity contribution in [3.8, 4) is 0 Å². The van der Waals surface area contributed by atoms with Crippen molar-refractivity contribution in [3.63, 3.8) is 0 Å². The maximum Gasteiger partial charge on any atom is 0.278 e.